The summed E-state index contributed by atoms with van der Waals surface area (Å²) in [5.74, 6) is -1.71. The summed E-state index contributed by atoms with van der Waals surface area (Å²) in [7, 11) is 0. The highest BCUT2D eigenvalue weighted by molar-refractivity contribution is 6.31. The molecular weight excluding hydrogens is 524 g/mol. The minimum Gasteiger partial charge on any atom is -0.504 e. The Kier molecular flexibility index (Phi) is 6.69. The van der Waals surface area contributed by atoms with Crippen molar-refractivity contribution in [2.45, 2.75) is 38.2 Å². The van der Waals surface area contributed by atoms with Crippen molar-refractivity contribution in [3.8, 4) is 33.9 Å². The molecule has 0 bridgehead atoms. The molecule has 0 radical (unpaired) electrons. The highest BCUT2D eigenvalue weighted by atomic mass is 35.5. The zero-order valence-corrected chi connectivity index (χ0v) is 21.8. The Morgan fingerprint density at radius 2 is 1.67 bits per heavy atom. The lowest BCUT2D eigenvalue weighted by atomic mass is 9.93. The molecule has 1 heterocycles. The highest BCUT2D eigenvalue weighted by Crippen LogP contribution is 2.50. The number of phenols is 2. The van der Waals surface area contributed by atoms with Crippen LogP contribution in [0.1, 0.15) is 42.7 Å². The Balaban J connectivity index is 1.38. The van der Waals surface area contributed by atoms with E-state index in [2.05, 4.69) is 10.5 Å². The average molecular weight is 549 g/mol. The first-order valence-corrected chi connectivity index (χ1v) is 12.6. The fourth-order valence-corrected chi connectivity index (χ4v) is 4.87. The second kappa shape index (κ2) is 9.99. The number of carbonyl (C=O) groups is 2. The Morgan fingerprint density at radius 1 is 1.03 bits per heavy atom. The maximum atomic E-state index is 12.7. The van der Waals surface area contributed by atoms with Crippen molar-refractivity contribution in [2.75, 3.05) is 5.32 Å². The number of aromatic nitrogens is 1. The summed E-state index contributed by atoms with van der Waals surface area (Å²) in [5, 5.41) is 38.2. The Bertz CT molecular complexity index is 1580. The van der Waals surface area contributed by atoms with Gasteiger partial charge in [-0.15, -0.1) is 0 Å². The van der Waals surface area contributed by atoms with E-state index < -0.39 is 35.1 Å². The van der Waals surface area contributed by atoms with E-state index in [1.165, 1.54) is 6.07 Å². The van der Waals surface area contributed by atoms with E-state index in [-0.39, 0.29) is 17.0 Å². The summed E-state index contributed by atoms with van der Waals surface area (Å²) in [6.45, 7) is 3.29. The monoisotopic (exact) mass is 548 g/mol. The summed E-state index contributed by atoms with van der Waals surface area (Å²) in [5.41, 5.74) is 2.02. The maximum absolute atomic E-state index is 12.7. The van der Waals surface area contributed by atoms with Crippen molar-refractivity contribution < 1.29 is 34.2 Å². The first-order valence-electron chi connectivity index (χ1n) is 12.2. The van der Waals surface area contributed by atoms with E-state index in [0.29, 0.717) is 45.8 Å². The van der Waals surface area contributed by atoms with Gasteiger partial charge in [0, 0.05) is 16.1 Å². The van der Waals surface area contributed by atoms with Gasteiger partial charge in [-0.05, 0) is 56.0 Å². The third-order valence-electron chi connectivity index (χ3n) is 7.02. The van der Waals surface area contributed by atoms with Crippen LogP contribution < -0.4 is 5.32 Å². The molecule has 5 rings (SSSR count). The summed E-state index contributed by atoms with van der Waals surface area (Å²) in [6.07, 6.45) is -0.259. The van der Waals surface area contributed by atoms with Crippen LogP contribution in [0.5, 0.6) is 11.5 Å². The smallest absolute Gasteiger partial charge is 0.412 e. The van der Waals surface area contributed by atoms with E-state index in [9.17, 15) is 24.9 Å². The van der Waals surface area contributed by atoms with Crippen molar-refractivity contribution >= 4 is 29.4 Å². The molecule has 1 saturated carbocycles. The van der Waals surface area contributed by atoms with Crippen LogP contribution in [0.4, 0.5) is 10.5 Å². The average Bonchev–Trinajstić information content (AvgIpc) is 3.66. The third-order valence-corrected chi connectivity index (χ3v) is 7.36. The summed E-state index contributed by atoms with van der Waals surface area (Å²) in [6, 6.07) is 17.0. The highest BCUT2D eigenvalue weighted by Gasteiger charge is 2.51. The molecule has 1 amide bonds. The number of nitrogens with zero attached hydrogens (tertiary/aromatic N) is 1. The van der Waals surface area contributed by atoms with Gasteiger partial charge in [0.05, 0.1) is 11.0 Å². The lowest BCUT2D eigenvalue weighted by molar-refractivity contribution is -0.140. The number of rotatable bonds is 7. The number of aromatic hydroxyl groups is 2. The molecule has 1 aliphatic rings. The van der Waals surface area contributed by atoms with E-state index in [4.69, 9.17) is 20.9 Å². The van der Waals surface area contributed by atoms with E-state index in [1.54, 1.807) is 68.4 Å². The number of halogens is 1. The standard InChI is InChI=1S/C29H25ClN2O7/c1-15-23(31-28(37)38-16(2)19-5-3-4-6-22(19)30)26(39-32-15)21-12-11-20(24(33)25(21)34)17-7-9-18(10-8-17)29(13-14-29)27(35)36/h3-12,16,33-34H,13-14H2,1-2H3,(H,31,37)(H,35,36). The molecule has 4 aromatic rings. The van der Waals surface area contributed by atoms with Crippen LogP contribution in [-0.4, -0.2) is 32.5 Å². The van der Waals surface area contributed by atoms with Crippen molar-refractivity contribution in [1.82, 2.24) is 5.16 Å². The third kappa shape index (κ3) is 4.77. The minimum absolute atomic E-state index is 0.0293. The van der Waals surface area contributed by atoms with Crippen LogP contribution >= 0.6 is 11.6 Å². The number of anilines is 1. The number of carboxylic acids is 1. The second-order valence-electron chi connectivity index (χ2n) is 9.49. The zero-order chi connectivity index (χ0) is 27.9. The number of phenolic OH excluding ortho intramolecular Hbond substituents is 2. The summed E-state index contributed by atoms with van der Waals surface area (Å²) in [4.78, 5) is 24.3. The van der Waals surface area contributed by atoms with Gasteiger partial charge >= 0.3 is 12.1 Å². The van der Waals surface area contributed by atoms with Crippen LogP contribution in [-0.2, 0) is 14.9 Å². The maximum Gasteiger partial charge on any atom is 0.412 e. The van der Waals surface area contributed by atoms with Gasteiger partial charge < -0.3 is 24.6 Å². The van der Waals surface area contributed by atoms with Crippen LogP contribution in [0.15, 0.2) is 65.2 Å². The number of hydrogen-bond donors (Lipinski definition) is 4. The van der Waals surface area contributed by atoms with Gasteiger partial charge in [-0.2, -0.15) is 0 Å². The lowest BCUT2D eigenvalue weighted by Gasteiger charge is -2.16. The molecule has 1 aromatic heterocycles. The Hall–Kier alpha value is -4.50. The van der Waals surface area contributed by atoms with Crippen molar-refractivity contribution in [3.63, 3.8) is 0 Å². The molecule has 1 atom stereocenters. The molecule has 0 saturated heterocycles. The molecule has 10 heteroatoms. The fourth-order valence-electron chi connectivity index (χ4n) is 4.58. The zero-order valence-electron chi connectivity index (χ0n) is 21.1. The molecule has 1 fully saturated rings. The lowest BCUT2D eigenvalue weighted by Crippen LogP contribution is -2.19. The van der Waals surface area contributed by atoms with Gasteiger partial charge in [0.25, 0.3) is 0 Å². The topological polar surface area (TPSA) is 142 Å². The number of aryl methyl sites for hydroxylation is 1. The van der Waals surface area contributed by atoms with Crippen molar-refractivity contribution in [1.29, 1.82) is 0 Å². The van der Waals surface area contributed by atoms with Crippen LogP contribution in [0, 0.1) is 6.92 Å². The largest absolute Gasteiger partial charge is 0.504 e. The summed E-state index contributed by atoms with van der Waals surface area (Å²) >= 11 is 6.20. The SMILES string of the molecule is Cc1noc(-c2ccc(-c3ccc(C4(C(=O)O)CC4)cc3)c(O)c2O)c1NC(=O)OC(C)c1ccccc1Cl. The number of carbonyl (C=O) groups excluding carboxylic acids is 1. The quantitative estimate of drug-likeness (QED) is 0.184. The van der Waals surface area contributed by atoms with Gasteiger partial charge in [-0.3, -0.25) is 10.1 Å². The number of amides is 1. The molecule has 3 aromatic carbocycles. The number of aliphatic carboxylic acids is 1. The Labute approximate surface area is 228 Å². The first kappa shape index (κ1) is 26.1. The van der Waals surface area contributed by atoms with Crippen LogP contribution in [0.25, 0.3) is 22.5 Å². The van der Waals surface area contributed by atoms with E-state index in [1.807, 2.05) is 0 Å². The number of nitrogens with one attached hydrogen (secondary N) is 1. The molecule has 200 valence electrons. The minimum atomic E-state index is -0.853. The first-order chi connectivity index (χ1) is 18.6. The number of hydrogen-bond acceptors (Lipinski definition) is 7. The second-order valence-corrected chi connectivity index (χ2v) is 9.90. The molecule has 0 aliphatic heterocycles. The predicted molar refractivity (Wildman–Crippen MR) is 144 cm³/mol. The molecule has 9 nitrogen and oxygen atoms in total. The van der Waals surface area contributed by atoms with E-state index in [0.717, 1.165) is 0 Å². The van der Waals surface area contributed by atoms with Crippen molar-refractivity contribution in [2.24, 2.45) is 0 Å². The normalized spacial score (nSPS) is 14.4. The van der Waals surface area contributed by atoms with Gasteiger partial charge in [0.2, 0.25) is 0 Å². The van der Waals surface area contributed by atoms with Gasteiger partial charge in [0.1, 0.15) is 17.5 Å². The molecular formula is C29H25ClN2O7. The Morgan fingerprint density at radius 3 is 2.31 bits per heavy atom. The molecule has 0 spiro atoms. The molecule has 1 unspecified atom stereocenters. The number of benzene rings is 3. The number of carboxylic acid groups (broad SMARTS) is 1. The molecule has 1 aliphatic carbocycles. The van der Waals surface area contributed by atoms with Crippen LogP contribution in [0.2, 0.25) is 5.02 Å². The van der Waals surface area contributed by atoms with E-state index >= 15 is 0 Å². The molecule has 4 N–H and O–H groups in total. The number of ether oxygens (including phenoxy) is 1. The van der Waals surface area contributed by atoms with Gasteiger partial charge in [-0.1, -0.05) is 59.2 Å². The van der Waals surface area contributed by atoms with Gasteiger partial charge in [0.15, 0.2) is 17.3 Å². The molecule has 39 heavy (non-hydrogen) atoms. The predicted octanol–water partition coefficient (Wildman–Crippen LogP) is 6.81. The van der Waals surface area contributed by atoms with Crippen molar-refractivity contribution in [3.05, 3.63) is 82.5 Å². The van der Waals surface area contributed by atoms with Gasteiger partial charge in [-0.25, -0.2) is 4.79 Å². The fraction of sp³-hybridized carbons (Fsp3) is 0.207. The van der Waals surface area contributed by atoms with Crippen LogP contribution in [0.3, 0.4) is 0 Å². The summed E-state index contributed by atoms with van der Waals surface area (Å²) < 4.78 is 10.9.